The molecule has 4 nitrogen and oxygen atoms in total. The molecule has 0 saturated heterocycles. The zero-order valence-corrected chi connectivity index (χ0v) is 24.0. The summed E-state index contributed by atoms with van der Waals surface area (Å²) in [7, 11) is 0. The van der Waals surface area contributed by atoms with Crippen molar-refractivity contribution in [3.8, 4) is 0 Å². The molecule has 0 unspecified atom stereocenters. The molecule has 2 amide bonds. The predicted octanol–water partition coefficient (Wildman–Crippen LogP) is 7.16. The number of rotatable bonds is 12. The summed E-state index contributed by atoms with van der Waals surface area (Å²) in [4.78, 5) is 28.7. The summed E-state index contributed by atoms with van der Waals surface area (Å²) in [6.07, 6.45) is 1.25. The van der Waals surface area contributed by atoms with Gasteiger partial charge in [0.2, 0.25) is 11.8 Å². The van der Waals surface area contributed by atoms with Crippen LogP contribution in [-0.2, 0) is 28.3 Å². The normalized spacial score (nSPS) is 11.7. The number of nitrogens with zero attached hydrogens (tertiary/aromatic N) is 1. The van der Waals surface area contributed by atoms with Crippen LogP contribution in [0.4, 0.5) is 0 Å². The van der Waals surface area contributed by atoms with Gasteiger partial charge in [0.1, 0.15) is 6.04 Å². The van der Waals surface area contributed by atoms with Gasteiger partial charge < -0.3 is 10.2 Å². The van der Waals surface area contributed by atoms with Crippen molar-refractivity contribution in [3.63, 3.8) is 0 Å². The summed E-state index contributed by atoms with van der Waals surface area (Å²) in [5, 5.41) is 4.15. The molecule has 0 heterocycles. The number of carbonyl (C=O) groups is 2. The number of amides is 2. The van der Waals surface area contributed by atoms with E-state index in [-0.39, 0.29) is 17.6 Å². The van der Waals surface area contributed by atoms with E-state index in [1.807, 2.05) is 61.5 Å². The van der Waals surface area contributed by atoms with E-state index < -0.39 is 6.04 Å². The van der Waals surface area contributed by atoms with Crippen LogP contribution in [0, 0.1) is 0 Å². The lowest BCUT2D eigenvalue weighted by Crippen LogP contribution is -2.51. The second kappa shape index (κ2) is 14.7. The Balaban J connectivity index is 1.85. The van der Waals surface area contributed by atoms with E-state index >= 15 is 0 Å². The topological polar surface area (TPSA) is 49.4 Å². The first-order valence-corrected chi connectivity index (χ1v) is 14.5. The largest absolute Gasteiger partial charge is 0.354 e. The van der Waals surface area contributed by atoms with Gasteiger partial charge in [-0.3, -0.25) is 9.59 Å². The molecular formula is C28H29BrCl2N2O2S. The van der Waals surface area contributed by atoms with Crippen LogP contribution in [-0.4, -0.2) is 35.1 Å². The van der Waals surface area contributed by atoms with Crippen LogP contribution in [0.3, 0.4) is 0 Å². The number of benzene rings is 3. The summed E-state index contributed by atoms with van der Waals surface area (Å²) in [6, 6.07) is 22.3. The minimum atomic E-state index is -0.644. The molecule has 3 aromatic carbocycles. The van der Waals surface area contributed by atoms with Gasteiger partial charge in [0.15, 0.2) is 0 Å². The lowest BCUT2D eigenvalue weighted by atomic mass is 10.0. The van der Waals surface area contributed by atoms with Gasteiger partial charge in [0, 0.05) is 39.8 Å². The number of halogens is 3. The van der Waals surface area contributed by atoms with E-state index in [0.29, 0.717) is 35.3 Å². The molecule has 0 saturated carbocycles. The molecular weight excluding hydrogens is 579 g/mol. The Labute approximate surface area is 235 Å². The zero-order valence-electron chi connectivity index (χ0n) is 20.1. The van der Waals surface area contributed by atoms with Crippen molar-refractivity contribution < 1.29 is 9.59 Å². The third-order valence-electron chi connectivity index (χ3n) is 5.60. The number of thioether (sulfide) groups is 1. The second-order valence-corrected chi connectivity index (χ2v) is 11.1. The minimum Gasteiger partial charge on any atom is -0.354 e. The maximum Gasteiger partial charge on any atom is 0.243 e. The maximum atomic E-state index is 13.6. The molecule has 0 fully saturated rings. The molecule has 190 valence electrons. The van der Waals surface area contributed by atoms with Crippen LogP contribution in [0.5, 0.6) is 0 Å². The Morgan fingerprint density at radius 1 is 0.972 bits per heavy atom. The number of nitrogens with one attached hydrogen (secondary N) is 1. The van der Waals surface area contributed by atoms with Crippen molar-refractivity contribution in [3.05, 3.63) is 104 Å². The van der Waals surface area contributed by atoms with Gasteiger partial charge in [-0.15, -0.1) is 11.8 Å². The highest BCUT2D eigenvalue weighted by Gasteiger charge is 2.30. The molecule has 3 aromatic rings. The molecule has 0 spiro atoms. The predicted molar refractivity (Wildman–Crippen MR) is 155 cm³/mol. The molecule has 0 aliphatic rings. The fraction of sp³-hybridized carbons (Fsp3) is 0.286. The van der Waals surface area contributed by atoms with E-state index in [1.165, 1.54) is 11.8 Å². The van der Waals surface area contributed by atoms with Crippen molar-refractivity contribution in [2.24, 2.45) is 0 Å². The number of hydrogen-bond donors (Lipinski definition) is 1. The van der Waals surface area contributed by atoms with E-state index in [9.17, 15) is 9.59 Å². The molecule has 0 aliphatic carbocycles. The number of hydrogen-bond acceptors (Lipinski definition) is 3. The highest BCUT2D eigenvalue weighted by molar-refractivity contribution is 9.10. The van der Waals surface area contributed by atoms with E-state index in [2.05, 4.69) is 21.2 Å². The third kappa shape index (κ3) is 8.55. The van der Waals surface area contributed by atoms with Gasteiger partial charge in [-0.1, -0.05) is 94.6 Å². The summed E-state index contributed by atoms with van der Waals surface area (Å²) in [6.45, 7) is 2.89. The van der Waals surface area contributed by atoms with Crippen molar-refractivity contribution in [2.45, 2.75) is 38.1 Å². The Bertz CT molecular complexity index is 1140. The molecule has 0 bridgehead atoms. The molecule has 8 heteroatoms. The third-order valence-corrected chi connectivity index (χ3v) is 7.74. The van der Waals surface area contributed by atoms with Gasteiger partial charge in [-0.05, 0) is 47.4 Å². The van der Waals surface area contributed by atoms with Crippen molar-refractivity contribution in [1.29, 1.82) is 0 Å². The summed E-state index contributed by atoms with van der Waals surface area (Å²) in [5.74, 6) is 0.432. The van der Waals surface area contributed by atoms with Gasteiger partial charge in [-0.2, -0.15) is 0 Å². The average Bonchev–Trinajstić information content (AvgIpc) is 2.87. The van der Waals surface area contributed by atoms with Gasteiger partial charge in [-0.25, -0.2) is 0 Å². The fourth-order valence-electron chi connectivity index (χ4n) is 3.75. The summed E-state index contributed by atoms with van der Waals surface area (Å²) < 4.78 is 0.921. The summed E-state index contributed by atoms with van der Waals surface area (Å²) >= 11 is 17.6. The van der Waals surface area contributed by atoms with Crippen LogP contribution in [0.1, 0.15) is 30.0 Å². The van der Waals surface area contributed by atoms with Crippen LogP contribution < -0.4 is 5.32 Å². The second-order valence-electron chi connectivity index (χ2n) is 8.34. The SMILES string of the molecule is CCCNC(=O)[C@H](Cc1ccccc1)N(Cc1cccc(Br)c1)C(=O)CSCc1c(Cl)cccc1Cl. The van der Waals surface area contributed by atoms with Crippen molar-refractivity contribution in [2.75, 3.05) is 12.3 Å². The Hall–Kier alpha value is -1.99. The quantitative estimate of drug-likeness (QED) is 0.238. The van der Waals surface area contributed by atoms with Crippen LogP contribution in [0.25, 0.3) is 0 Å². The smallest absolute Gasteiger partial charge is 0.243 e. The molecule has 3 rings (SSSR count). The van der Waals surface area contributed by atoms with Crippen molar-refractivity contribution >= 4 is 62.7 Å². The molecule has 0 aromatic heterocycles. The molecule has 1 N–H and O–H groups in total. The zero-order chi connectivity index (χ0) is 25.9. The highest BCUT2D eigenvalue weighted by atomic mass is 79.9. The Kier molecular flexibility index (Phi) is 11.6. The first kappa shape index (κ1) is 28.6. The molecule has 1 atom stereocenters. The van der Waals surface area contributed by atoms with Gasteiger partial charge in [0.05, 0.1) is 5.75 Å². The van der Waals surface area contributed by atoms with Crippen molar-refractivity contribution in [1.82, 2.24) is 10.2 Å². The van der Waals surface area contributed by atoms with Crippen LogP contribution in [0.15, 0.2) is 77.3 Å². The standard InChI is InChI=1S/C28H29BrCl2N2O2S/c1-2-14-32-28(35)26(16-20-8-4-3-5-9-20)33(17-21-10-6-11-22(29)15-21)27(34)19-36-18-23-24(30)12-7-13-25(23)31/h3-13,15,26H,2,14,16-19H2,1H3,(H,32,35)/t26-/m0/s1. The first-order chi connectivity index (χ1) is 17.4. The summed E-state index contributed by atoms with van der Waals surface area (Å²) in [5.41, 5.74) is 2.74. The molecule has 36 heavy (non-hydrogen) atoms. The lowest BCUT2D eigenvalue weighted by molar-refractivity contribution is -0.139. The Morgan fingerprint density at radius 2 is 1.64 bits per heavy atom. The monoisotopic (exact) mass is 606 g/mol. The van der Waals surface area contributed by atoms with Gasteiger partial charge >= 0.3 is 0 Å². The Morgan fingerprint density at radius 3 is 2.31 bits per heavy atom. The fourth-order valence-corrected chi connectivity index (χ4v) is 5.84. The van der Waals surface area contributed by atoms with Crippen LogP contribution in [0.2, 0.25) is 10.0 Å². The maximum absolute atomic E-state index is 13.6. The van der Waals surface area contributed by atoms with E-state index in [1.54, 1.807) is 23.1 Å². The minimum absolute atomic E-state index is 0.115. The lowest BCUT2D eigenvalue weighted by Gasteiger charge is -2.31. The van der Waals surface area contributed by atoms with E-state index in [0.717, 1.165) is 27.6 Å². The van der Waals surface area contributed by atoms with Crippen LogP contribution >= 0.6 is 50.9 Å². The highest BCUT2D eigenvalue weighted by Crippen LogP contribution is 2.28. The van der Waals surface area contributed by atoms with E-state index in [4.69, 9.17) is 23.2 Å². The molecule has 0 aliphatic heterocycles. The number of carbonyl (C=O) groups excluding carboxylic acids is 2. The average molecular weight is 608 g/mol. The van der Waals surface area contributed by atoms with Gasteiger partial charge in [0.25, 0.3) is 0 Å². The molecule has 0 radical (unpaired) electrons. The first-order valence-electron chi connectivity index (χ1n) is 11.7.